The molecule has 0 heterocycles. The zero-order chi connectivity index (χ0) is 14.1. The highest BCUT2D eigenvalue weighted by Gasteiger charge is 2.09. The van der Waals surface area contributed by atoms with Crippen molar-refractivity contribution in [3.63, 3.8) is 0 Å². The van der Waals surface area contributed by atoms with Crippen LogP contribution in [0.1, 0.15) is 51.0 Å². The van der Waals surface area contributed by atoms with Gasteiger partial charge in [0.1, 0.15) is 10.6 Å². The second kappa shape index (κ2) is 9.10. The van der Waals surface area contributed by atoms with E-state index in [1.807, 2.05) is 13.0 Å². The van der Waals surface area contributed by atoms with Crippen molar-refractivity contribution < 1.29 is 13.5 Å². The quantitative estimate of drug-likeness (QED) is 0.543. The van der Waals surface area contributed by atoms with E-state index in [2.05, 4.69) is 6.92 Å². The van der Waals surface area contributed by atoms with Gasteiger partial charge in [-0.25, -0.2) is 4.21 Å². The molecule has 3 nitrogen and oxygen atoms in total. The molecule has 108 valence electrons. The Morgan fingerprint density at radius 1 is 1.16 bits per heavy atom. The van der Waals surface area contributed by atoms with E-state index in [9.17, 15) is 8.76 Å². The summed E-state index contributed by atoms with van der Waals surface area (Å²) in [6.45, 7) is 4.71. The molecular formula is C15H24O3S. The highest BCUT2D eigenvalue weighted by Crippen LogP contribution is 2.23. The van der Waals surface area contributed by atoms with Gasteiger partial charge in [0.05, 0.1) is 6.61 Å². The summed E-state index contributed by atoms with van der Waals surface area (Å²) in [5.74, 6) is 0.528. The lowest BCUT2D eigenvalue weighted by Crippen LogP contribution is -2.01. The molecule has 1 aromatic rings. The maximum atomic E-state index is 11.2. The number of aryl methyl sites for hydroxylation is 1. The number of benzene rings is 1. The number of rotatable bonds is 9. The highest BCUT2D eigenvalue weighted by molar-refractivity contribution is 7.79. The maximum absolute atomic E-state index is 11.2. The Hall–Kier alpha value is -0.870. The molecule has 1 N–H and O–H groups in total. The summed E-state index contributed by atoms with van der Waals surface area (Å²) in [4.78, 5) is 0.367. The van der Waals surface area contributed by atoms with Crippen LogP contribution < -0.4 is 4.74 Å². The number of hydrogen-bond acceptors (Lipinski definition) is 2. The van der Waals surface area contributed by atoms with E-state index < -0.39 is 11.1 Å². The van der Waals surface area contributed by atoms with Crippen molar-refractivity contribution in [2.75, 3.05) is 6.61 Å². The second-order valence-corrected chi connectivity index (χ2v) is 5.75. The van der Waals surface area contributed by atoms with E-state index >= 15 is 0 Å². The predicted octanol–water partition coefficient (Wildman–Crippen LogP) is 4.31. The fourth-order valence-corrected chi connectivity index (χ4v) is 2.52. The third-order valence-corrected chi connectivity index (χ3v) is 3.74. The molecule has 0 aliphatic rings. The molecule has 0 bridgehead atoms. The summed E-state index contributed by atoms with van der Waals surface area (Å²) >= 11 is -1.99. The van der Waals surface area contributed by atoms with Gasteiger partial charge in [-0.05, 0) is 31.0 Å². The average molecular weight is 284 g/mol. The standard InChI is InChI=1S/C15H24O3S/c1-3-4-5-6-7-8-11-18-14-10-9-13(2)12-15(14)19(16)17/h9-10,12H,3-8,11H2,1-2H3,(H,16,17). The number of unbranched alkanes of at least 4 members (excludes halogenated alkanes) is 5. The summed E-state index contributed by atoms with van der Waals surface area (Å²) in [6, 6.07) is 5.37. The summed E-state index contributed by atoms with van der Waals surface area (Å²) in [7, 11) is 0. The third-order valence-electron chi connectivity index (χ3n) is 3.04. The Balaban J connectivity index is 2.35. The van der Waals surface area contributed by atoms with Crippen molar-refractivity contribution in [3.05, 3.63) is 23.8 Å². The molecule has 0 aliphatic heterocycles. The Bertz CT molecular complexity index is 404. The van der Waals surface area contributed by atoms with Gasteiger partial charge >= 0.3 is 0 Å². The Morgan fingerprint density at radius 3 is 2.53 bits per heavy atom. The topological polar surface area (TPSA) is 46.5 Å². The van der Waals surface area contributed by atoms with Crippen LogP contribution in [0, 0.1) is 6.92 Å². The molecule has 4 heteroatoms. The normalized spacial score (nSPS) is 12.4. The van der Waals surface area contributed by atoms with Crippen LogP contribution in [0.5, 0.6) is 5.75 Å². The van der Waals surface area contributed by atoms with Gasteiger partial charge in [0.25, 0.3) is 0 Å². The molecule has 1 unspecified atom stereocenters. The van der Waals surface area contributed by atoms with Gasteiger partial charge in [-0.1, -0.05) is 45.1 Å². The maximum Gasteiger partial charge on any atom is 0.190 e. The van der Waals surface area contributed by atoms with Crippen LogP contribution in [0.25, 0.3) is 0 Å². The van der Waals surface area contributed by atoms with Gasteiger partial charge in [-0.3, -0.25) is 0 Å². The lowest BCUT2D eigenvalue weighted by atomic mass is 10.1. The first-order valence-electron chi connectivity index (χ1n) is 6.99. The monoisotopic (exact) mass is 284 g/mol. The van der Waals surface area contributed by atoms with Crippen molar-refractivity contribution in [2.45, 2.75) is 57.3 Å². The first-order chi connectivity index (χ1) is 9.15. The van der Waals surface area contributed by atoms with Crippen molar-refractivity contribution in [1.82, 2.24) is 0 Å². The molecule has 0 amide bonds. The third kappa shape index (κ3) is 6.21. The van der Waals surface area contributed by atoms with Gasteiger partial charge in [-0.2, -0.15) is 0 Å². The average Bonchev–Trinajstić information content (AvgIpc) is 2.39. The molecule has 0 saturated carbocycles. The Kier molecular flexibility index (Phi) is 7.75. The SMILES string of the molecule is CCCCCCCCOc1ccc(C)cc1S(=O)O. The van der Waals surface area contributed by atoms with E-state index in [1.165, 1.54) is 25.7 Å². The Morgan fingerprint density at radius 2 is 1.84 bits per heavy atom. The minimum absolute atomic E-state index is 0.367. The molecule has 1 rings (SSSR count). The number of hydrogen-bond donors (Lipinski definition) is 1. The molecule has 1 aromatic carbocycles. The molecule has 0 radical (unpaired) electrons. The van der Waals surface area contributed by atoms with Crippen LogP contribution in [0.4, 0.5) is 0 Å². The van der Waals surface area contributed by atoms with Gasteiger partial charge in [0.2, 0.25) is 0 Å². The molecule has 0 aliphatic carbocycles. The van der Waals surface area contributed by atoms with E-state index in [-0.39, 0.29) is 0 Å². The fourth-order valence-electron chi connectivity index (χ4n) is 1.94. The predicted molar refractivity (Wildman–Crippen MR) is 79.1 cm³/mol. The van der Waals surface area contributed by atoms with Crippen molar-refractivity contribution >= 4 is 11.1 Å². The van der Waals surface area contributed by atoms with E-state index in [1.54, 1.807) is 12.1 Å². The Labute approximate surface area is 118 Å². The van der Waals surface area contributed by atoms with E-state index in [4.69, 9.17) is 4.74 Å². The van der Waals surface area contributed by atoms with E-state index in [0.717, 1.165) is 18.4 Å². The fraction of sp³-hybridized carbons (Fsp3) is 0.600. The molecule has 0 spiro atoms. The van der Waals surface area contributed by atoms with E-state index in [0.29, 0.717) is 17.3 Å². The lowest BCUT2D eigenvalue weighted by Gasteiger charge is -2.10. The first-order valence-corrected chi connectivity index (χ1v) is 8.10. The summed E-state index contributed by atoms with van der Waals surface area (Å²) in [6.07, 6.45) is 7.23. The summed E-state index contributed by atoms with van der Waals surface area (Å²) in [5.41, 5.74) is 0.962. The van der Waals surface area contributed by atoms with Gasteiger partial charge in [-0.15, -0.1) is 0 Å². The van der Waals surface area contributed by atoms with Crippen molar-refractivity contribution in [1.29, 1.82) is 0 Å². The minimum Gasteiger partial charge on any atom is -0.492 e. The summed E-state index contributed by atoms with van der Waals surface area (Å²) in [5, 5.41) is 0. The highest BCUT2D eigenvalue weighted by atomic mass is 32.2. The zero-order valence-corrected chi connectivity index (χ0v) is 12.7. The second-order valence-electron chi connectivity index (χ2n) is 4.82. The van der Waals surface area contributed by atoms with Crippen LogP contribution in [0.2, 0.25) is 0 Å². The van der Waals surface area contributed by atoms with Crippen LogP contribution in [0.15, 0.2) is 23.1 Å². The molecule has 1 atom stereocenters. The van der Waals surface area contributed by atoms with Gasteiger partial charge in [0, 0.05) is 0 Å². The van der Waals surface area contributed by atoms with Gasteiger partial charge in [0.15, 0.2) is 11.1 Å². The van der Waals surface area contributed by atoms with Crippen LogP contribution >= 0.6 is 0 Å². The van der Waals surface area contributed by atoms with Crippen LogP contribution in [0.3, 0.4) is 0 Å². The largest absolute Gasteiger partial charge is 0.492 e. The van der Waals surface area contributed by atoms with Crippen molar-refractivity contribution in [2.24, 2.45) is 0 Å². The molecule has 0 saturated heterocycles. The van der Waals surface area contributed by atoms with Crippen LogP contribution in [-0.4, -0.2) is 15.4 Å². The first kappa shape index (κ1) is 16.2. The molecule has 0 fully saturated rings. The lowest BCUT2D eigenvalue weighted by molar-refractivity contribution is 0.296. The molecular weight excluding hydrogens is 260 g/mol. The minimum atomic E-state index is -1.99. The molecule has 19 heavy (non-hydrogen) atoms. The van der Waals surface area contributed by atoms with Crippen molar-refractivity contribution in [3.8, 4) is 5.75 Å². The summed E-state index contributed by atoms with van der Waals surface area (Å²) < 4.78 is 26.0. The zero-order valence-electron chi connectivity index (χ0n) is 11.9. The van der Waals surface area contributed by atoms with Gasteiger partial charge < -0.3 is 9.29 Å². The number of ether oxygens (including phenoxy) is 1. The molecule has 0 aromatic heterocycles. The van der Waals surface area contributed by atoms with Crippen LogP contribution in [-0.2, 0) is 11.1 Å². The smallest absolute Gasteiger partial charge is 0.190 e.